The van der Waals surface area contributed by atoms with Gasteiger partial charge in [0.25, 0.3) is 5.91 Å². The first kappa shape index (κ1) is 19.3. The zero-order valence-corrected chi connectivity index (χ0v) is 17.5. The monoisotopic (exact) mass is 422 g/mol. The number of anilines is 1. The van der Waals surface area contributed by atoms with Crippen molar-refractivity contribution in [2.45, 2.75) is 0 Å². The van der Waals surface area contributed by atoms with Gasteiger partial charge in [0.15, 0.2) is 5.17 Å². The SMILES string of the molecule is COc1ccc(N=C2SC(=Cc3cccs3)C(=O)N2c2ccc(OC)cc2)cc1. The Hall–Kier alpha value is -3.03. The molecule has 0 N–H and O–H groups in total. The number of amides is 1. The molecule has 1 aliphatic heterocycles. The highest BCUT2D eigenvalue weighted by molar-refractivity contribution is 8.19. The molecule has 2 heterocycles. The second-order valence-corrected chi connectivity index (χ2v) is 8.05. The third-order valence-corrected chi connectivity index (χ3v) is 6.04. The van der Waals surface area contributed by atoms with Crippen LogP contribution < -0.4 is 14.4 Å². The Kier molecular flexibility index (Phi) is 5.69. The molecule has 5 nitrogen and oxygen atoms in total. The van der Waals surface area contributed by atoms with Crippen molar-refractivity contribution >= 4 is 51.6 Å². The molecular weight excluding hydrogens is 404 g/mol. The summed E-state index contributed by atoms with van der Waals surface area (Å²) in [5.41, 5.74) is 1.49. The van der Waals surface area contributed by atoms with Gasteiger partial charge in [-0.1, -0.05) is 6.07 Å². The Morgan fingerprint density at radius 3 is 2.17 bits per heavy atom. The molecule has 0 spiro atoms. The van der Waals surface area contributed by atoms with Gasteiger partial charge >= 0.3 is 0 Å². The summed E-state index contributed by atoms with van der Waals surface area (Å²) in [4.78, 5) is 21.2. The number of carbonyl (C=O) groups is 1. The molecule has 29 heavy (non-hydrogen) atoms. The van der Waals surface area contributed by atoms with E-state index < -0.39 is 0 Å². The Balaban J connectivity index is 1.74. The van der Waals surface area contributed by atoms with Crippen LogP contribution in [0.1, 0.15) is 4.88 Å². The first-order valence-electron chi connectivity index (χ1n) is 8.82. The fourth-order valence-corrected chi connectivity index (χ4v) is 4.50. The summed E-state index contributed by atoms with van der Waals surface area (Å²) in [6.45, 7) is 0. The van der Waals surface area contributed by atoms with E-state index in [1.54, 1.807) is 30.5 Å². The molecule has 1 saturated heterocycles. The molecule has 4 rings (SSSR count). The van der Waals surface area contributed by atoms with Crippen LogP contribution in [0, 0.1) is 0 Å². The average molecular weight is 423 g/mol. The number of thiophene rings is 1. The summed E-state index contributed by atoms with van der Waals surface area (Å²) in [7, 11) is 3.24. The number of benzene rings is 2. The van der Waals surface area contributed by atoms with Gasteiger partial charge in [-0.2, -0.15) is 0 Å². The van der Waals surface area contributed by atoms with E-state index >= 15 is 0 Å². The molecule has 1 aromatic heterocycles. The minimum Gasteiger partial charge on any atom is -0.497 e. The Morgan fingerprint density at radius 2 is 1.59 bits per heavy atom. The van der Waals surface area contributed by atoms with Gasteiger partial charge < -0.3 is 9.47 Å². The molecule has 3 aromatic rings. The van der Waals surface area contributed by atoms with Crippen LogP contribution in [0.3, 0.4) is 0 Å². The maximum atomic E-state index is 13.2. The summed E-state index contributed by atoms with van der Waals surface area (Å²) < 4.78 is 10.4. The Morgan fingerprint density at radius 1 is 0.931 bits per heavy atom. The minimum absolute atomic E-state index is 0.0965. The topological polar surface area (TPSA) is 51.1 Å². The minimum atomic E-state index is -0.0965. The molecule has 1 aliphatic rings. The molecule has 1 amide bonds. The van der Waals surface area contributed by atoms with Crippen molar-refractivity contribution in [2.75, 3.05) is 19.1 Å². The van der Waals surface area contributed by atoms with Gasteiger partial charge in [0.1, 0.15) is 11.5 Å². The number of thioether (sulfide) groups is 1. The molecule has 0 bridgehead atoms. The number of hydrogen-bond donors (Lipinski definition) is 0. The summed E-state index contributed by atoms with van der Waals surface area (Å²) in [5.74, 6) is 1.39. The van der Waals surface area contributed by atoms with E-state index in [2.05, 4.69) is 0 Å². The van der Waals surface area contributed by atoms with Crippen LogP contribution in [0.5, 0.6) is 11.5 Å². The fraction of sp³-hybridized carbons (Fsp3) is 0.0909. The normalized spacial score (nSPS) is 16.6. The molecular formula is C22H18N2O3S2. The van der Waals surface area contributed by atoms with Crippen molar-refractivity contribution < 1.29 is 14.3 Å². The smallest absolute Gasteiger partial charge is 0.271 e. The van der Waals surface area contributed by atoms with E-state index in [0.29, 0.717) is 10.1 Å². The van der Waals surface area contributed by atoms with Crippen LogP contribution in [-0.2, 0) is 4.79 Å². The lowest BCUT2D eigenvalue weighted by Gasteiger charge is -2.16. The zero-order valence-electron chi connectivity index (χ0n) is 15.9. The Bertz CT molecular complexity index is 1060. The van der Waals surface area contributed by atoms with Gasteiger partial charge in [0, 0.05) is 4.88 Å². The van der Waals surface area contributed by atoms with Gasteiger partial charge in [-0.25, -0.2) is 4.99 Å². The first-order chi connectivity index (χ1) is 14.2. The second-order valence-electron chi connectivity index (χ2n) is 6.06. The highest BCUT2D eigenvalue weighted by Crippen LogP contribution is 2.38. The highest BCUT2D eigenvalue weighted by Gasteiger charge is 2.34. The third-order valence-electron chi connectivity index (χ3n) is 4.25. The van der Waals surface area contributed by atoms with Crippen molar-refractivity contribution in [3.63, 3.8) is 0 Å². The summed E-state index contributed by atoms with van der Waals surface area (Å²) in [6.07, 6.45) is 1.91. The predicted octanol–water partition coefficient (Wildman–Crippen LogP) is 5.57. The fourth-order valence-electron chi connectivity index (χ4n) is 2.78. The lowest BCUT2D eigenvalue weighted by molar-refractivity contribution is -0.113. The van der Waals surface area contributed by atoms with E-state index in [1.165, 1.54) is 11.8 Å². The van der Waals surface area contributed by atoms with Gasteiger partial charge in [0.05, 0.1) is 30.5 Å². The van der Waals surface area contributed by atoms with Crippen LogP contribution in [0.4, 0.5) is 11.4 Å². The molecule has 2 aromatic carbocycles. The van der Waals surface area contributed by atoms with E-state index in [9.17, 15) is 4.79 Å². The maximum absolute atomic E-state index is 13.2. The number of amidine groups is 1. The average Bonchev–Trinajstić information content (AvgIpc) is 3.37. The number of carbonyl (C=O) groups excluding carboxylic acids is 1. The molecule has 0 aliphatic carbocycles. The van der Waals surface area contributed by atoms with Gasteiger partial charge in [-0.15, -0.1) is 11.3 Å². The number of rotatable bonds is 5. The van der Waals surface area contributed by atoms with Crippen LogP contribution in [0.15, 0.2) is 75.9 Å². The molecule has 0 atom stereocenters. The standard InChI is InChI=1S/C22H18N2O3S2/c1-26-17-9-5-15(6-10-17)23-22-24(16-7-11-18(27-2)12-8-16)21(25)20(29-22)14-19-4-3-13-28-19/h3-14H,1-2H3. The van der Waals surface area contributed by atoms with Crippen LogP contribution >= 0.6 is 23.1 Å². The quantitative estimate of drug-likeness (QED) is 0.504. The molecule has 0 saturated carbocycles. The molecule has 0 radical (unpaired) electrons. The first-order valence-corrected chi connectivity index (χ1v) is 10.5. The third kappa shape index (κ3) is 4.21. The molecule has 7 heteroatoms. The Labute approximate surface area is 177 Å². The van der Waals surface area contributed by atoms with Crippen molar-refractivity contribution in [2.24, 2.45) is 4.99 Å². The molecule has 0 unspecified atom stereocenters. The van der Waals surface area contributed by atoms with Crippen molar-refractivity contribution in [3.8, 4) is 11.5 Å². The van der Waals surface area contributed by atoms with Gasteiger partial charge in [0.2, 0.25) is 0 Å². The van der Waals surface area contributed by atoms with E-state index in [4.69, 9.17) is 14.5 Å². The second kappa shape index (κ2) is 8.55. The molecule has 1 fully saturated rings. The number of hydrogen-bond acceptors (Lipinski definition) is 6. The maximum Gasteiger partial charge on any atom is 0.271 e. The number of nitrogens with zero attached hydrogens (tertiary/aromatic N) is 2. The summed E-state index contributed by atoms with van der Waals surface area (Å²) in [5, 5.41) is 2.59. The van der Waals surface area contributed by atoms with E-state index in [-0.39, 0.29) is 5.91 Å². The number of aliphatic imine (C=N–C) groups is 1. The predicted molar refractivity (Wildman–Crippen MR) is 120 cm³/mol. The zero-order chi connectivity index (χ0) is 20.2. The van der Waals surface area contributed by atoms with Gasteiger partial charge in [-0.05, 0) is 77.8 Å². The van der Waals surface area contributed by atoms with Gasteiger partial charge in [-0.3, -0.25) is 9.69 Å². The van der Waals surface area contributed by atoms with Crippen LogP contribution in [0.25, 0.3) is 6.08 Å². The lowest BCUT2D eigenvalue weighted by Crippen LogP contribution is -2.28. The summed E-state index contributed by atoms with van der Waals surface area (Å²) >= 11 is 2.96. The van der Waals surface area contributed by atoms with E-state index in [0.717, 1.165) is 27.8 Å². The van der Waals surface area contributed by atoms with Crippen LogP contribution in [-0.4, -0.2) is 25.3 Å². The summed E-state index contributed by atoms with van der Waals surface area (Å²) in [6, 6.07) is 18.8. The number of ether oxygens (including phenoxy) is 2. The number of methoxy groups -OCH3 is 2. The lowest BCUT2D eigenvalue weighted by atomic mass is 10.2. The van der Waals surface area contributed by atoms with Crippen molar-refractivity contribution in [1.82, 2.24) is 0 Å². The highest BCUT2D eigenvalue weighted by atomic mass is 32.2. The van der Waals surface area contributed by atoms with E-state index in [1.807, 2.05) is 72.1 Å². The van der Waals surface area contributed by atoms with Crippen molar-refractivity contribution in [3.05, 3.63) is 75.8 Å². The largest absolute Gasteiger partial charge is 0.497 e. The molecule has 146 valence electrons. The van der Waals surface area contributed by atoms with Crippen LogP contribution in [0.2, 0.25) is 0 Å². The van der Waals surface area contributed by atoms with Crippen molar-refractivity contribution in [1.29, 1.82) is 0 Å².